The van der Waals surface area contributed by atoms with Gasteiger partial charge < -0.3 is 35.5 Å². The standard InChI is InChI=1S/C22H26N6O6/c23-19(31)18(12-4-2-1-3-5-12)33-9-14-16(29)17(30)22(34-14)28-11-26-15-20(24-10-25-21(15)28)27-13-6-7-32-8-13/h1-5,10-11,13-14,16-18,22,29-30H,6-9H2,(H2,23,31)(H,24,25,27)/t13-,14-,16-,17-,18?,22-/m1/s1. The molecule has 0 aliphatic carbocycles. The van der Waals surface area contributed by atoms with Crippen molar-refractivity contribution in [3.05, 3.63) is 48.5 Å². The van der Waals surface area contributed by atoms with Crippen LogP contribution in [0.2, 0.25) is 0 Å². The third-order valence-electron chi connectivity index (χ3n) is 6.03. The van der Waals surface area contributed by atoms with E-state index in [-0.39, 0.29) is 12.6 Å². The normalized spacial score (nSPS) is 27.8. The molecule has 5 rings (SSSR count). The molecule has 0 saturated carbocycles. The van der Waals surface area contributed by atoms with Crippen LogP contribution in [0.1, 0.15) is 24.3 Å². The van der Waals surface area contributed by atoms with Crippen LogP contribution in [0.5, 0.6) is 0 Å². The maximum Gasteiger partial charge on any atom is 0.251 e. The maximum absolute atomic E-state index is 11.9. The molecule has 2 saturated heterocycles. The summed E-state index contributed by atoms with van der Waals surface area (Å²) in [4.78, 5) is 24.9. The van der Waals surface area contributed by atoms with Crippen LogP contribution >= 0.6 is 0 Å². The number of anilines is 1. The van der Waals surface area contributed by atoms with E-state index in [1.54, 1.807) is 28.8 Å². The van der Waals surface area contributed by atoms with Gasteiger partial charge in [-0.2, -0.15) is 0 Å². The molecule has 12 heteroatoms. The van der Waals surface area contributed by atoms with Gasteiger partial charge in [0.15, 0.2) is 29.3 Å². The monoisotopic (exact) mass is 470 g/mol. The Morgan fingerprint density at radius 1 is 1.24 bits per heavy atom. The van der Waals surface area contributed by atoms with Crippen molar-refractivity contribution in [3.63, 3.8) is 0 Å². The Hall–Kier alpha value is -3.16. The van der Waals surface area contributed by atoms with E-state index in [1.807, 2.05) is 6.07 Å². The Labute approximate surface area is 194 Å². The van der Waals surface area contributed by atoms with Gasteiger partial charge in [0.1, 0.15) is 24.6 Å². The Morgan fingerprint density at radius 2 is 2.06 bits per heavy atom. The highest BCUT2D eigenvalue weighted by Gasteiger charge is 2.45. The van der Waals surface area contributed by atoms with Gasteiger partial charge in [-0.1, -0.05) is 30.3 Å². The van der Waals surface area contributed by atoms with Crippen LogP contribution in [0.25, 0.3) is 11.2 Å². The van der Waals surface area contributed by atoms with Crippen LogP contribution in [0.4, 0.5) is 5.82 Å². The number of aliphatic hydroxyl groups excluding tert-OH is 2. The van der Waals surface area contributed by atoms with E-state index in [9.17, 15) is 15.0 Å². The zero-order valence-electron chi connectivity index (χ0n) is 18.2. The van der Waals surface area contributed by atoms with Gasteiger partial charge in [-0.25, -0.2) is 15.0 Å². The minimum atomic E-state index is -1.27. The summed E-state index contributed by atoms with van der Waals surface area (Å²) in [7, 11) is 0. The van der Waals surface area contributed by atoms with Crippen molar-refractivity contribution < 1.29 is 29.2 Å². The average Bonchev–Trinajstić information content (AvgIpc) is 3.57. The van der Waals surface area contributed by atoms with Crippen LogP contribution in [0.15, 0.2) is 43.0 Å². The smallest absolute Gasteiger partial charge is 0.251 e. The molecule has 180 valence electrons. The Bertz CT molecular complexity index is 1140. The second-order valence-electron chi connectivity index (χ2n) is 8.32. The molecular weight excluding hydrogens is 444 g/mol. The number of nitrogens with one attached hydrogen (secondary N) is 1. The Balaban J connectivity index is 1.32. The maximum atomic E-state index is 11.9. The Morgan fingerprint density at radius 3 is 2.79 bits per heavy atom. The number of aromatic nitrogens is 4. The van der Waals surface area contributed by atoms with E-state index in [1.165, 1.54) is 12.7 Å². The summed E-state index contributed by atoms with van der Waals surface area (Å²) in [5.41, 5.74) is 7.04. The number of hydrogen-bond donors (Lipinski definition) is 4. The number of ether oxygens (including phenoxy) is 3. The molecule has 1 unspecified atom stereocenters. The average molecular weight is 470 g/mol. The minimum absolute atomic E-state index is 0.128. The molecule has 5 N–H and O–H groups in total. The SMILES string of the molecule is NC(=O)C(OC[C@H]1O[C@@H](n2cnc3c(N[C@@H]4CCOC4)ncnc32)[C@H](O)[C@@H]1O)c1ccccc1. The first kappa shape index (κ1) is 22.6. The predicted octanol–water partition coefficient (Wildman–Crippen LogP) is -0.110. The number of imidazole rings is 1. The number of hydrogen-bond acceptors (Lipinski definition) is 10. The van der Waals surface area contributed by atoms with Gasteiger partial charge in [-0.15, -0.1) is 0 Å². The molecule has 2 aromatic heterocycles. The van der Waals surface area contributed by atoms with Crippen LogP contribution < -0.4 is 11.1 Å². The van der Waals surface area contributed by atoms with Gasteiger partial charge >= 0.3 is 0 Å². The number of amides is 1. The Kier molecular flexibility index (Phi) is 6.39. The number of carbonyl (C=O) groups is 1. The van der Waals surface area contributed by atoms with Gasteiger partial charge in [0.25, 0.3) is 5.91 Å². The lowest BCUT2D eigenvalue weighted by atomic mass is 10.1. The molecular formula is C22H26N6O6. The third-order valence-corrected chi connectivity index (χ3v) is 6.03. The topological polar surface area (TPSA) is 167 Å². The number of fused-ring (bicyclic) bond motifs is 1. The fourth-order valence-electron chi connectivity index (χ4n) is 4.24. The van der Waals surface area contributed by atoms with Crippen molar-refractivity contribution in [2.24, 2.45) is 5.73 Å². The number of aliphatic hydroxyl groups is 2. The van der Waals surface area contributed by atoms with Crippen molar-refractivity contribution in [3.8, 4) is 0 Å². The van der Waals surface area contributed by atoms with Crippen molar-refractivity contribution in [2.75, 3.05) is 25.1 Å². The number of nitrogens with two attached hydrogens (primary N) is 1. The summed E-state index contributed by atoms with van der Waals surface area (Å²) in [5.74, 6) is -0.111. The van der Waals surface area contributed by atoms with E-state index in [0.29, 0.717) is 35.8 Å². The molecule has 2 aliphatic heterocycles. The lowest BCUT2D eigenvalue weighted by Gasteiger charge is -2.19. The molecule has 2 fully saturated rings. The van der Waals surface area contributed by atoms with Crippen LogP contribution in [0.3, 0.4) is 0 Å². The zero-order chi connectivity index (χ0) is 23.7. The van der Waals surface area contributed by atoms with Gasteiger partial charge in [0.05, 0.1) is 25.6 Å². The molecule has 2 aliphatic rings. The third kappa shape index (κ3) is 4.33. The van der Waals surface area contributed by atoms with Crippen LogP contribution in [0, 0.1) is 0 Å². The first-order valence-electron chi connectivity index (χ1n) is 11.0. The number of nitrogens with zero attached hydrogens (tertiary/aromatic N) is 4. The molecule has 3 aromatic rings. The molecule has 34 heavy (non-hydrogen) atoms. The van der Waals surface area contributed by atoms with Crippen molar-refractivity contribution in [1.29, 1.82) is 0 Å². The van der Waals surface area contributed by atoms with Gasteiger partial charge in [-0.05, 0) is 12.0 Å². The van der Waals surface area contributed by atoms with E-state index in [4.69, 9.17) is 19.9 Å². The van der Waals surface area contributed by atoms with E-state index in [0.717, 1.165) is 6.42 Å². The van der Waals surface area contributed by atoms with E-state index in [2.05, 4.69) is 20.3 Å². The number of carbonyl (C=O) groups excluding carboxylic acids is 1. The highest BCUT2D eigenvalue weighted by atomic mass is 16.6. The minimum Gasteiger partial charge on any atom is -0.387 e. The molecule has 1 amide bonds. The molecule has 1 aromatic carbocycles. The van der Waals surface area contributed by atoms with Crippen LogP contribution in [-0.4, -0.2) is 79.8 Å². The quantitative estimate of drug-likeness (QED) is 0.349. The summed E-state index contributed by atoms with van der Waals surface area (Å²) in [6.45, 7) is 1.11. The molecule has 0 radical (unpaired) electrons. The number of rotatable bonds is 8. The second-order valence-corrected chi connectivity index (χ2v) is 8.32. The van der Waals surface area contributed by atoms with Crippen molar-refractivity contribution in [2.45, 2.75) is 43.1 Å². The molecule has 6 atom stereocenters. The molecule has 0 spiro atoms. The fourth-order valence-corrected chi connectivity index (χ4v) is 4.24. The van der Waals surface area contributed by atoms with E-state index < -0.39 is 36.6 Å². The summed E-state index contributed by atoms with van der Waals surface area (Å²) in [6, 6.07) is 8.92. The summed E-state index contributed by atoms with van der Waals surface area (Å²) in [5, 5.41) is 24.6. The highest BCUT2D eigenvalue weighted by molar-refractivity contribution is 5.83. The lowest BCUT2D eigenvalue weighted by molar-refractivity contribution is -0.135. The number of benzene rings is 1. The summed E-state index contributed by atoms with van der Waals surface area (Å²) in [6.07, 6.45) is -1.67. The van der Waals surface area contributed by atoms with Gasteiger partial charge in [0.2, 0.25) is 0 Å². The first-order chi connectivity index (χ1) is 16.5. The predicted molar refractivity (Wildman–Crippen MR) is 118 cm³/mol. The first-order valence-corrected chi connectivity index (χ1v) is 11.0. The number of primary amides is 1. The van der Waals surface area contributed by atoms with E-state index >= 15 is 0 Å². The lowest BCUT2D eigenvalue weighted by Crippen LogP contribution is -2.35. The molecule has 12 nitrogen and oxygen atoms in total. The van der Waals surface area contributed by atoms with Crippen molar-refractivity contribution in [1.82, 2.24) is 19.5 Å². The largest absolute Gasteiger partial charge is 0.387 e. The summed E-state index contributed by atoms with van der Waals surface area (Å²) >= 11 is 0. The molecule has 0 bridgehead atoms. The highest BCUT2D eigenvalue weighted by Crippen LogP contribution is 2.33. The summed E-state index contributed by atoms with van der Waals surface area (Å²) < 4.78 is 18.6. The van der Waals surface area contributed by atoms with Gasteiger partial charge in [-0.3, -0.25) is 9.36 Å². The van der Waals surface area contributed by atoms with Gasteiger partial charge in [0, 0.05) is 6.61 Å². The fraction of sp³-hybridized carbons (Fsp3) is 0.455. The van der Waals surface area contributed by atoms with Crippen molar-refractivity contribution >= 4 is 22.9 Å². The second kappa shape index (κ2) is 9.60. The molecule has 4 heterocycles. The van der Waals surface area contributed by atoms with Crippen LogP contribution in [-0.2, 0) is 19.0 Å². The zero-order valence-corrected chi connectivity index (χ0v) is 18.2.